The number of hydrogen-bond acceptors (Lipinski definition) is 3. The Labute approximate surface area is 128 Å². The Morgan fingerprint density at radius 2 is 2.00 bits per heavy atom. The van der Waals surface area contributed by atoms with E-state index in [1.54, 1.807) is 6.07 Å². The van der Waals surface area contributed by atoms with Gasteiger partial charge in [-0.1, -0.05) is 22.0 Å². The highest BCUT2D eigenvalue weighted by Crippen LogP contribution is 2.26. The molecule has 7 heteroatoms. The van der Waals surface area contributed by atoms with Gasteiger partial charge in [-0.3, -0.25) is 10.1 Å². The highest BCUT2D eigenvalue weighted by Gasteiger charge is 2.18. The van der Waals surface area contributed by atoms with Crippen LogP contribution >= 0.6 is 15.9 Å². The van der Waals surface area contributed by atoms with Gasteiger partial charge in [-0.15, -0.1) is 0 Å². The van der Waals surface area contributed by atoms with E-state index in [4.69, 9.17) is 0 Å². The number of hydrogen-bond donors (Lipinski definition) is 1. The summed E-state index contributed by atoms with van der Waals surface area (Å²) < 4.78 is 27.8. The molecule has 21 heavy (non-hydrogen) atoms. The molecule has 0 amide bonds. The summed E-state index contributed by atoms with van der Waals surface area (Å²) in [7, 11) is 0. The van der Waals surface area contributed by atoms with Crippen LogP contribution in [0.1, 0.15) is 11.1 Å². The van der Waals surface area contributed by atoms with Crippen molar-refractivity contribution in [2.24, 2.45) is 0 Å². The van der Waals surface area contributed by atoms with Crippen LogP contribution in [-0.4, -0.2) is 4.92 Å². The monoisotopic (exact) mass is 356 g/mol. The van der Waals surface area contributed by atoms with Crippen molar-refractivity contribution in [2.75, 3.05) is 5.32 Å². The quantitative estimate of drug-likeness (QED) is 0.645. The van der Waals surface area contributed by atoms with Gasteiger partial charge in [-0.25, -0.2) is 4.39 Å². The number of halogens is 3. The lowest BCUT2D eigenvalue weighted by Gasteiger charge is -2.11. The number of nitro benzene ring substituents is 1. The molecule has 1 N–H and O–H groups in total. The molecule has 2 rings (SSSR count). The predicted molar refractivity (Wildman–Crippen MR) is 79.2 cm³/mol. The van der Waals surface area contributed by atoms with Crippen molar-refractivity contribution in [1.82, 2.24) is 0 Å². The molecule has 0 radical (unpaired) electrons. The zero-order chi connectivity index (χ0) is 15.6. The molecule has 0 aliphatic rings. The van der Waals surface area contributed by atoms with Crippen LogP contribution in [0, 0.1) is 28.7 Å². The largest absolute Gasteiger partial charge is 0.381 e. The Hall–Kier alpha value is -2.02. The van der Waals surface area contributed by atoms with Gasteiger partial charge in [0.1, 0.15) is 5.82 Å². The maximum absolute atomic E-state index is 13.7. The van der Waals surface area contributed by atoms with Gasteiger partial charge in [-0.2, -0.15) is 4.39 Å². The number of nitrogens with one attached hydrogen (secondary N) is 1. The summed E-state index contributed by atoms with van der Waals surface area (Å²) in [6.07, 6.45) is 0. The molecule has 2 aromatic rings. The molecule has 0 aliphatic heterocycles. The van der Waals surface area contributed by atoms with Gasteiger partial charge in [0.2, 0.25) is 5.82 Å². The molecule has 0 saturated carbocycles. The number of nitrogens with zero attached hydrogens (tertiary/aromatic N) is 1. The molecular formula is C14H11BrF2N2O2. The van der Waals surface area contributed by atoms with Crippen molar-refractivity contribution in [3.63, 3.8) is 0 Å². The zero-order valence-corrected chi connectivity index (χ0v) is 12.6. The first-order valence-corrected chi connectivity index (χ1v) is 6.80. The molecule has 2 aromatic carbocycles. The van der Waals surface area contributed by atoms with Crippen LogP contribution in [0.15, 0.2) is 34.8 Å². The SMILES string of the molecule is Cc1c(Br)cccc1NCc1cc([N+](=O)[O-])c(F)cc1F. The Morgan fingerprint density at radius 3 is 2.67 bits per heavy atom. The van der Waals surface area contributed by atoms with Crippen LogP contribution in [0.2, 0.25) is 0 Å². The van der Waals surface area contributed by atoms with Crippen molar-refractivity contribution in [2.45, 2.75) is 13.5 Å². The first kappa shape index (κ1) is 15.4. The smallest absolute Gasteiger partial charge is 0.305 e. The molecule has 0 atom stereocenters. The van der Waals surface area contributed by atoms with Gasteiger partial charge in [0.25, 0.3) is 0 Å². The normalized spacial score (nSPS) is 10.5. The molecule has 0 fully saturated rings. The summed E-state index contributed by atoms with van der Waals surface area (Å²) in [4.78, 5) is 9.80. The highest BCUT2D eigenvalue weighted by molar-refractivity contribution is 9.10. The van der Waals surface area contributed by atoms with Gasteiger partial charge in [-0.05, 0) is 24.6 Å². The van der Waals surface area contributed by atoms with Crippen LogP contribution in [0.4, 0.5) is 20.2 Å². The molecule has 0 saturated heterocycles. The van der Waals surface area contributed by atoms with Crippen LogP contribution in [0.5, 0.6) is 0 Å². The van der Waals surface area contributed by atoms with E-state index in [1.807, 2.05) is 19.1 Å². The summed E-state index contributed by atoms with van der Waals surface area (Å²) in [5, 5.41) is 13.7. The molecule has 0 bridgehead atoms. The Kier molecular flexibility index (Phi) is 4.52. The minimum Gasteiger partial charge on any atom is -0.381 e. The van der Waals surface area contributed by atoms with Crippen molar-refractivity contribution in [3.05, 3.63) is 67.7 Å². The van der Waals surface area contributed by atoms with E-state index in [1.165, 1.54) is 0 Å². The minimum absolute atomic E-state index is 0.0181. The average molecular weight is 357 g/mol. The fraction of sp³-hybridized carbons (Fsp3) is 0.143. The molecule has 0 unspecified atom stereocenters. The third kappa shape index (κ3) is 3.36. The second-order valence-electron chi connectivity index (χ2n) is 4.42. The summed E-state index contributed by atoms with van der Waals surface area (Å²) in [5.74, 6) is -2.00. The van der Waals surface area contributed by atoms with E-state index >= 15 is 0 Å². The van der Waals surface area contributed by atoms with E-state index < -0.39 is 22.2 Å². The maximum Gasteiger partial charge on any atom is 0.305 e. The lowest BCUT2D eigenvalue weighted by molar-refractivity contribution is -0.387. The van der Waals surface area contributed by atoms with Crippen molar-refractivity contribution in [1.29, 1.82) is 0 Å². The van der Waals surface area contributed by atoms with Crippen molar-refractivity contribution in [3.8, 4) is 0 Å². The van der Waals surface area contributed by atoms with Crippen LogP contribution < -0.4 is 5.32 Å². The third-order valence-corrected chi connectivity index (χ3v) is 3.91. The molecule has 0 heterocycles. The predicted octanol–water partition coefficient (Wildman–Crippen LogP) is 4.56. The van der Waals surface area contributed by atoms with E-state index in [0.717, 1.165) is 21.8 Å². The van der Waals surface area contributed by atoms with Crippen LogP contribution in [0.25, 0.3) is 0 Å². The van der Waals surface area contributed by atoms with E-state index in [-0.39, 0.29) is 12.1 Å². The van der Waals surface area contributed by atoms with E-state index in [9.17, 15) is 18.9 Å². The number of benzene rings is 2. The lowest BCUT2D eigenvalue weighted by Crippen LogP contribution is -2.05. The van der Waals surface area contributed by atoms with Gasteiger partial charge in [0, 0.05) is 34.4 Å². The van der Waals surface area contributed by atoms with E-state index in [0.29, 0.717) is 6.07 Å². The standard InChI is InChI=1S/C14H11BrF2N2O2/c1-8-10(15)3-2-4-13(8)18-7-9-5-14(19(20)21)12(17)6-11(9)16/h2-6,18H,7H2,1H3. The first-order chi connectivity index (χ1) is 9.90. The van der Waals surface area contributed by atoms with Gasteiger partial charge in [0.15, 0.2) is 0 Å². The molecular weight excluding hydrogens is 346 g/mol. The van der Waals surface area contributed by atoms with Crippen LogP contribution in [-0.2, 0) is 6.54 Å². The Morgan fingerprint density at radius 1 is 1.29 bits per heavy atom. The number of nitro groups is 1. The van der Waals surface area contributed by atoms with Crippen LogP contribution in [0.3, 0.4) is 0 Å². The molecule has 0 aromatic heterocycles. The summed E-state index contributed by atoms with van der Waals surface area (Å²) in [5.41, 5.74) is 0.979. The topological polar surface area (TPSA) is 55.2 Å². The lowest BCUT2D eigenvalue weighted by atomic mass is 10.1. The van der Waals surface area contributed by atoms with Crippen molar-refractivity contribution < 1.29 is 13.7 Å². The summed E-state index contributed by atoms with van der Waals surface area (Å²) >= 11 is 3.37. The zero-order valence-electron chi connectivity index (χ0n) is 11.0. The highest BCUT2D eigenvalue weighted by atomic mass is 79.9. The van der Waals surface area contributed by atoms with Crippen molar-refractivity contribution >= 4 is 27.3 Å². The second kappa shape index (κ2) is 6.17. The fourth-order valence-electron chi connectivity index (χ4n) is 1.85. The third-order valence-electron chi connectivity index (χ3n) is 3.05. The fourth-order valence-corrected chi connectivity index (χ4v) is 2.21. The molecule has 0 spiro atoms. The first-order valence-electron chi connectivity index (χ1n) is 6.01. The maximum atomic E-state index is 13.7. The second-order valence-corrected chi connectivity index (χ2v) is 5.27. The van der Waals surface area contributed by atoms with Gasteiger partial charge in [0.05, 0.1) is 4.92 Å². The molecule has 110 valence electrons. The molecule has 4 nitrogen and oxygen atoms in total. The average Bonchev–Trinajstić information content (AvgIpc) is 2.41. The Bertz CT molecular complexity index is 708. The Balaban J connectivity index is 2.26. The summed E-state index contributed by atoms with van der Waals surface area (Å²) in [6, 6.07) is 6.91. The minimum atomic E-state index is -1.18. The van der Waals surface area contributed by atoms with Gasteiger partial charge < -0.3 is 5.32 Å². The van der Waals surface area contributed by atoms with Gasteiger partial charge >= 0.3 is 5.69 Å². The number of rotatable bonds is 4. The van der Waals surface area contributed by atoms with E-state index in [2.05, 4.69) is 21.2 Å². The summed E-state index contributed by atoms with van der Waals surface area (Å²) in [6.45, 7) is 1.89. The number of anilines is 1. The molecule has 0 aliphatic carbocycles.